The fourth-order valence-electron chi connectivity index (χ4n) is 3.00. The predicted molar refractivity (Wildman–Crippen MR) is 83.1 cm³/mol. The number of aromatic amines is 1. The Labute approximate surface area is 134 Å². The van der Waals surface area contributed by atoms with Gasteiger partial charge in [-0.05, 0) is 19.4 Å². The van der Waals surface area contributed by atoms with E-state index in [-0.39, 0.29) is 11.7 Å². The molecule has 0 radical (unpaired) electrons. The standard InChI is InChI=1S/C15H23N5O3/c1-22-11-5-13-17-14(23-18-13)12-4-2-3-7-19(12)9-10-20-8-6-16-15(20)21/h6,8,12H,2-5,7,9-11H2,1H3,(H,16,21)/t12-/m1/s1. The second-order valence-electron chi connectivity index (χ2n) is 5.80. The molecule has 0 aromatic carbocycles. The Hall–Kier alpha value is -1.93. The molecule has 1 aliphatic heterocycles. The number of imidazole rings is 1. The number of nitrogens with zero attached hydrogens (tertiary/aromatic N) is 4. The Bertz CT molecular complexity index is 662. The molecule has 2 aromatic rings. The molecule has 8 heteroatoms. The van der Waals surface area contributed by atoms with E-state index in [0.29, 0.717) is 31.3 Å². The first-order valence-corrected chi connectivity index (χ1v) is 8.07. The van der Waals surface area contributed by atoms with Crippen molar-refractivity contribution in [2.75, 3.05) is 26.8 Å². The molecule has 3 heterocycles. The van der Waals surface area contributed by atoms with Gasteiger partial charge in [0.15, 0.2) is 5.82 Å². The van der Waals surface area contributed by atoms with Crippen LogP contribution in [0.1, 0.15) is 37.0 Å². The van der Waals surface area contributed by atoms with E-state index < -0.39 is 0 Å². The molecular weight excluding hydrogens is 298 g/mol. The van der Waals surface area contributed by atoms with Crippen LogP contribution in [0.2, 0.25) is 0 Å². The van der Waals surface area contributed by atoms with Crippen molar-refractivity contribution in [3.05, 3.63) is 34.6 Å². The molecule has 0 unspecified atom stereocenters. The Morgan fingerprint density at radius 3 is 3.13 bits per heavy atom. The first kappa shape index (κ1) is 15.9. The fraction of sp³-hybridized carbons (Fsp3) is 0.667. The first-order valence-electron chi connectivity index (χ1n) is 8.07. The lowest BCUT2D eigenvalue weighted by atomic mass is 10.0. The summed E-state index contributed by atoms with van der Waals surface area (Å²) in [5.74, 6) is 1.37. The van der Waals surface area contributed by atoms with Gasteiger partial charge in [-0.25, -0.2) is 4.79 Å². The van der Waals surface area contributed by atoms with E-state index >= 15 is 0 Å². The van der Waals surface area contributed by atoms with Gasteiger partial charge in [0.1, 0.15) is 0 Å². The van der Waals surface area contributed by atoms with Gasteiger partial charge in [0.25, 0.3) is 0 Å². The normalized spacial score (nSPS) is 19.3. The molecule has 1 atom stereocenters. The minimum atomic E-state index is -0.0711. The molecule has 126 valence electrons. The molecule has 0 saturated carbocycles. The van der Waals surface area contributed by atoms with Crippen LogP contribution >= 0.6 is 0 Å². The van der Waals surface area contributed by atoms with E-state index in [4.69, 9.17) is 9.26 Å². The molecule has 1 aliphatic rings. The van der Waals surface area contributed by atoms with Gasteiger partial charge in [0, 0.05) is 39.0 Å². The second-order valence-corrected chi connectivity index (χ2v) is 5.80. The Kier molecular flexibility index (Phi) is 5.24. The van der Waals surface area contributed by atoms with Crippen molar-refractivity contribution >= 4 is 0 Å². The molecule has 0 spiro atoms. The summed E-state index contributed by atoms with van der Waals surface area (Å²) >= 11 is 0. The van der Waals surface area contributed by atoms with Crippen LogP contribution in [0.3, 0.4) is 0 Å². The van der Waals surface area contributed by atoms with Crippen LogP contribution in [0.4, 0.5) is 0 Å². The number of ether oxygens (including phenoxy) is 1. The number of likely N-dealkylation sites (tertiary alicyclic amines) is 1. The lowest BCUT2D eigenvalue weighted by molar-refractivity contribution is 0.114. The first-order chi connectivity index (χ1) is 11.3. The molecule has 1 N–H and O–H groups in total. The lowest BCUT2D eigenvalue weighted by Gasteiger charge is -2.33. The van der Waals surface area contributed by atoms with Crippen molar-refractivity contribution in [2.24, 2.45) is 0 Å². The number of rotatable bonds is 7. The van der Waals surface area contributed by atoms with Gasteiger partial charge in [0.2, 0.25) is 5.89 Å². The highest BCUT2D eigenvalue weighted by atomic mass is 16.5. The number of piperidine rings is 1. The number of methoxy groups -OCH3 is 1. The maximum absolute atomic E-state index is 11.6. The number of H-pyrrole nitrogens is 1. The second kappa shape index (κ2) is 7.56. The molecule has 0 amide bonds. The minimum Gasteiger partial charge on any atom is -0.384 e. The summed E-state index contributed by atoms with van der Waals surface area (Å²) in [6.45, 7) is 3.02. The maximum atomic E-state index is 11.6. The van der Waals surface area contributed by atoms with E-state index in [1.54, 1.807) is 24.1 Å². The van der Waals surface area contributed by atoms with Crippen molar-refractivity contribution in [1.29, 1.82) is 0 Å². The van der Waals surface area contributed by atoms with Gasteiger partial charge in [0.05, 0.1) is 12.6 Å². The van der Waals surface area contributed by atoms with Gasteiger partial charge < -0.3 is 14.2 Å². The summed E-state index contributed by atoms with van der Waals surface area (Å²) in [4.78, 5) is 21.1. The zero-order valence-electron chi connectivity index (χ0n) is 13.4. The SMILES string of the molecule is COCCc1noc([C@H]2CCCCN2CCn2cc[nH]c2=O)n1. The van der Waals surface area contributed by atoms with E-state index in [0.717, 1.165) is 32.4 Å². The van der Waals surface area contributed by atoms with Crippen LogP contribution in [0, 0.1) is 0 Å². The van der Waals surface area contributed by atoms with Crippen LogP contribution in [-0.2, 0) is 17.7 Å². The third kappa shape index (κ3) is 3.89. The van der Waals surface area contributed by atoms with Crippen molar-refractivity contribution in [2.45, 2.75) is 38.3 Å². The Balaban J connectivity index is 1.65. The smallest absolute Gasteiger partial charge is 0.325 e. The van der Waals surface area contributed by atoms with Crippen LogP contribution in [0.5, 0.6) is 0 Å². The van der Waals surface area contributed by atoms with Crippen LogP contribution in [-0.4, -0.2) is 51.4 Å². The highest BCUT2D eigenvalue weighted by Crippen LogP contribution is 2.29. The number of aromatic nitrogens is 4. The molecule has 0 bridgehead atoms. The van der Waals surface area contributed by atoms with Gasteiger partial charge in [-0.2, -0.15) is 4.98 Å². The summed E-state index contributed by atoms with van der Waals surface area (Å²) in [5.41, 5.74) is -0.0711. The predicted octanol–water partition coefficient (Wildman–Crippen LogP) is 0.976. The zero-order chi connectivity index (χ0) is 16.1. The van der Waals surface area contributed by atoms with Gasteiger partial charge >= 0.3 is 5.69 Å². The van der Waals surface area contributed by atoms with Crippen LogP contribution in [0.15, 0.2) is 21.7 Å². The molecule has 3 rings (SSSR count). The Morgan fingerprint density at radius 2 is 2.35 bits per heavy atom. The summed E-state index contributed by atoms with van der Waals surface area (Å²) < 4.78 is 12.2. The molecule has 0 aliphatic carbocycles. The third-order valence-corrected chi connectivity index (χ3v) is 4.26. The third-order valence-electron chi connectivity index (χ3n) is 4.26. The molecule has 8 nitrogen and oxygen atoms in total. The molecule has 2 aromatic heterocycles. The van der Waals surface area contributed by atoms with E-state index in [9.17, 15) is 4.79 Å². The topological polar surface area (TPSA) is 89.2 Å². The molecular formula is C15H23N5O3. The largest absolute Gasteiger partial charge is 0.384 e. The number of hydrogen-bond donors (Lipinski definition) is 1. The molecule has 1 fully saturated rings. The average Bonchev–Trinajstić information content (AvgIpc) is 3.20. The summed E-state index contributed by atoms with van der Waals surface area (Å²) in [7, 11) is 1.66. The molecule has 23 heavy (non-hydrogen) atoms. The van der Waals surface area contributed by atoms with Gasteiger partial charge in [-0.15, -0.1) is 0 Å². The van der Waals surface area contributed by atoms with Gasteiger partial charge in [-0.1, -0.05) is 11.6 Å². The fourth-order valence-corrected chi connectivity index (χ4v) is 3.00. The number of hydrogen-bond acceptors (Lipinski definition) is 6. The van der Waals surface area contributed by atoms with Crippen molar-refractivity contribution in [3.63, 3.8) is 0 Å². The Morgan fingerprint density at radius 1 is 1.43 bits per heavy atom. The van der Waals surface area contributed by atoms with E-state index in [1.807, 2.05) is 0 Å². The minimum absolute atomic E-state index is 0.0711. The maximum Gasteiger partial charge on any atom is 0.325 e. The summed E-state index contributed by atoms with van der Waals surface area (Å²) in [6, 6.07) is 0.141. The molecule has 1 saturated heterocycles. The monoisotopic (exact) mass is 321 g/mol. The number of nitrogens with one attached hydrogen (secondary N) is 1. The highest BCUT2D eigenvalue weighted by molar-refractivity contribution is 4.96. The van der Waals surface area contributed by atoms with Crippen LogP contribution < -0.4 is 5.69 Å². The highest BCUT2D eigenvalue weighted by Gasteiger charge is 2.28. The summed E-state index contributed by atoms with van der Waals surface area (Å²) in [5, 5.41) is 4.03. The van der Waals surface area contributed by atoms with Crippen LogP contribution in [0.25, 0.3) is 0 Å². The van der Waals surface area contributed by atoms with Crippen molar-refractivity contribution in [3.8, 4) is 0 Å². The van der Waals surface area contributed by atoms with E-state index in [2.05, 4.69) is 20.0 Å². The van der Waals surface area contributed by atoms with Gasteiger partial charge in [-0.3, -0.25) is 9.47 Å². The zero-order valence-corrected chi connectivity index (χ0v) is 13.4. The average molecular weight is 321 g/mol. The van der Waals surface area contributed by atoms with Crippen molar-refractivity contribution < 1.29 is 9.26 Å². The van der Waals surface area contributed by atoms with E-state index in [1.165, 1.54) is 0 Å². The van der Waals surface area contributed by atoms with Crippen molar-refractivity contribution in [1.82, 2.24) is 24.6 Å². The lowest BCUT2D eigenvalue weighted by Crippen LogP contribution is -2.37. The summed E-state index contributed by atoms with van der Waals surface area (Å²) in [6.07, 6.45) is 7.41. The quantitative estimate of drug-likeness (QED) is 0.817.